The SMILES string of the molecule is CNc1ncc2cc(-c3c(Cl)c(OC)cc(OC)c3Cl)c(=O)n(CCCN3CCN(C(=O)/C(C#N)=C\C(C)(C)C)CC3)c2n1. The molecule has 44 heavy (non-hydrogen) atoms. The summed E-state index contributed by atoms with van der Waals surface area (Å²) in [5.74, 6) is 0.798. The number of carbonyl (C=O) groups excluding carboxylic acids is 1. The van der Waals surface area contributed by atoms with Gasteiger partial charge in [0.1, 0.15) is 28.8 Å². The Morgan fingerprint density at radius 2 is 1.73 bits per heavy atom. The fourth-order valence-corrected chi connectivity index (χ4v) is 5.86. The van der Waals surface area contributed by atoms with Gasteiger partial charge in [0.2, 0.25) is 5.95 Å². The number of aryl methyl sites for hydroxylation is 1. The van der Waals surface area contributed by atoms with Gasteiger partial charge in [-0.05, 0) is 24.4 Å². The summed E-state index contributed by atoms with van der Waals surface area (Å²) in [6.45, 7) is 9.31. The van der Waals surface area contributed by atoms with E-state index in [9.17, 15) is 14.9 Å². The number of piperazine rings is 1. The number of anilines is 1. The molecule has 2 aromatic heterocycles. The van der Waals surface area contributed by atoms with Crippen LogP contribution in [0.15, 0.2) is 34.8 Å². The highest BCUT2D eigenvalue weighted by Gasteiger charge is 2.26. The van der Waals surface area contributed by atoms with Crippen molar-refractivity contribution < 1.29 is 14.3 Å². The Hall–Kier alpha value is -3.85. The number of nitrogens with one attached hydrogen (secondary N) is 1. The molecular weight excluding hydrogens is 605 g/mol. The van der Waals surface area contributed by atoms with Crippen molar-refractivity contribution in [1.29, 1.82) is 5.26 Å². The zero-order chi connectivity index (χ0) is 32.2. The van der Waals surface area contributed by atoms with Crippen molar-refractivity contribution >= 4 is 46.1 Å². The van der Waals surface area contributed by atoms with E-state index in [2.05, 4.69) is 26.3 Å². The maximum absolute atomic E-state index is 14.1. The Morgan fingerprint density at radius 1 is 1.09 bits per heavy atom. The Bertz CT molecular complexity index is 1660. The molecule has 1 aromatic carbocycles. The quantitative estimate of drug-likeness (QED) is 0.258. The van der Waals surface area contributed by atoms with Crippen molar-refractivity contribution in [3.8, 4) is 28.7 Å². The molecule has 4 rings (SSSR count). The number of hydrogen-bond acceptors (Lipinski definition) is 9. The van der Waals surface area contributed by atoms with Crippen LogP contribution in [0.5, 0.6) is 11.5 Å². The van der Waals surface area contributed by atoms with Crippen molar-refractivity contribution in [2.45, 2.75) is 33.7 Å². The molecule has 3 aromatic rings. The molecule has 13 heteroatoms. The van der Waals surface area contributed by atoms with Gasteiger partial charge in [-0.15, -0.1) is 0 Å². The van der Waals surface area contributed by atoms with E-state index in [0.29, 0.717) is 79.7 Å². The maximum atomic E-state index is 14.1. The number of nitrogens with zero attached hydrogens (tertiary/aromatic N) is 6. The van der Waals surface area contributed by atoms with E-state index in [1.165, 1.54) is 14.2 Å². The number of aromatic nitrogens is 3. The normalized spacial score (nSPS) is 14.4. The molecule has 1 saturated heterocycles. The lowest BCUT2D eigenvalue weighted by Gasteiger charge is -2.34. The molecule has 1 aliphatic heterocycles. The molecule has 3 heterocycles. The van der Waals surface area contributed by atoms with Crippen molar-refractivity contribution in [3.05, 3.63) is 50.4 Å². The average Bonchev–Trinajstić information content (AvgIpc) is 3.00. The van der Waals surface area contributed by atoms with Crippen LogP contribution in [0.25, 0.3) is 22.2 Å². The van der Waals surface area contributed by atoms with Crippen molar-refractivity contribution in [1.82, 2.24) is 24.3 Å². The van der Waals surface area contributed by atoms with Crippen LogP contribution in [0.3, 0.4) is 0 Å². The molecule has 234 valence electrons. The molecule has 0 bridgehead atoms. The number of rotatable bonds is 9. The Morgan fingerprint density at radius 3 is 2.27 bits per heavy atom. The third-order valence-corrected chi connectivity index (χ3v) is 8.09. The average molecular weight is 643 g/mol. The molecular formula is C31H37Cl2N7O4. The van der Waals surface area contributed by atoms with Gasteiger partial charge in [0.15, 0.2) is 0 Å². The lowest BCUT2D eigenvalue weighted by Crippen LogP contribution is -2.49. The fraction of sp³-hybridized carbons (Fsp3) is 0.452. The summed E-state index contributed by atoms with van der Waals surface area (Å²) < 4.78 is 12.5. The first-order valence-corrected chi connectivity index (χ1v) is 15.0. The largest absolute Gasteiger partial charge is 0.495 e. The molecule has 11 nitrogen and oxygen atoms in total. The number of benzene rings is 1. The van der Waals surface area contributed by atoms with Crippen LogP contribution in [-0.4, -0.2) is 84.2 Å². The molecule has 1 aliphatic rings. The van der Waals surface area contributed by atoms with Crippen molar-refractivity contribution in [2.75, 3.05) is 59.3 Å². The molecule has 0 aliphatic carbocycles. The number of methoxy groups -OCH3 is 2. The zero-order valence-corrected chi connectivity index (χ0v) is 27.3. The van der Waals surface area contributed by atoms with Crippen LogP contribution in [0.1, 0.15) is 27.2 Å². The van der Waals surface area contributed by atoms with Gasteiger partial charge in [-0.2, -0.15) is 10.2 Å². The lowest BCUT2D eigenvalue weighted by atomic mass is 9.93. The Labute approximate surface area is 267 Å². The Kier molecular flexibility index (Phi) is 10.4. The smallest absolute Gasteiger partial charge is 0.264 e. The van der Waals surface area contributed by atoms with Crippen LogP contribution in [-0.2, 0) is 11.3 Å². The van der Waals surface area contributed by atoms with E-state index >= 15 is 0 Å². The molecule has 0 radical (unpaired) electrons. The van der Waals surface area contributed by atoms with E-state index in [-0.39, 0.29) is 38.1 Å². The highest BCUT2D eigenvalue weighted by molar-refractivity contribution is 6.41. The summed E-state index contributed by atoms with van der Waals surface area (Å²) in [7, 11) is 4.67. The van der Waals surface area contributed by atoms with Crippen LogP contribution in [0, 0.1) is 16.7 Å². The molecule has 1 N–H and O–H groups in total. The minimum absolute atomic E-state index is 0.175. The first kappa shape index (κ1) is 33.1. The molecule has 0 unspecified atom stereocenters. The van der Waals surface area contributed by atoms with Crippen LogP contribution in [0.4, 0.5) is 5.95 Å². The number of nitriles is 1. The summed E-state index contributed by atoms with van der Waals surface area (Å²) in [6.07, 6.45) is 4.01. The monoisotopic (exact) mass is 641 g/mol. The number of halogens is 2. The summed E-state index contributed by atoms with van der Waals surface area (Å²) in [4.78, 5) is 39.9. The molecule has 1 amide bonds. The van der Waals surface area contributed by atoms with Gasteiger partial charge in [0, 0.05) is 63.0 Å². The van der Waals surface area contributed by atoms with Gasteiger partial charge >= 0.3 is 0 Å². The summed E-state index contributed by atoms with van der Waals surface area (Å²) in [6, 6.07) is 5.32. The fourth-order valence-electron chi connectivity index (χ4n) is 5.16. The van der Waals surface area contributed by atoms with Crippen molar-refractivity contribution in [3.63, 3.8) is 0 Å². The predicted molar refractivity (Wildman–Crippen MR) is 173 cm³/mol. The van der Waals surface area contributed by atoms with Gasteiger partial charge in [-0.25, -0.2) is 4.98 Å². The second-order valence-corrected chi connectivity index (χ2v) is 12.3. The van der Waals surface area contributed by atoms with Gasteiger partial charge in [0.05, 0.1) is 29.8 Å². The van der Waals surface area contributed by atoms with E-state index in [0.717, 1.165) is 0 Å². The van der Waals surface area contributed by atoms with Gasteiger partial charge in [0.25, 0.3) is 11.5 Å². The van der Waals surface area contributed by atoms with Gasteiger partial charge < -0.3 is 19.7 Å². The van der Waals surface area contributed by atoms with E-state index < -0.39 is 0 Å². The number of hydrogen-bond donors (Lipinski definition) is 1. The van der Waals surface area contributed by atoms with Gasteiger partial charge in [-0.1, -0.05) is 50.0 Å². The molecule has 0 spiro atoms. The third-order valence-electron chi connectivity index (χ3n) is 7.34. The number of carbonyl (C=O) groups is 1. The second-order valence-electron chi connectivity index (χ2n) is 11.5. The zero-order valence-electron chi connectivity index (χ0n) is 25.8. The number of fused-ring (bicyclic) bond motifs is 1. The second kappa shape index (κ2) is 13.8. The topological polar surface area (TPSA) is 126 Å². The van der Waals surface area contributed by atoms with Crippen LogP contribution >= 0.6 is 23.2 Å². The number of allylic oxidation sites excluding steroid dienone is 1. The molecule has 1 fully saturated rings. The summed E-state index contributed by atoms with van der Waals surface area (Å²) in [5.41, 5.74) is 0.646. The standard InChI is InChI=1S/C31H37Cl2N7O4/c1-31(2,3)16-20(17-34)28(41)39-12-10-38(11-13-39)8-7-9-40-27-19(18-36-30(35-4)37-27)14-21(29(40)42)24-25(32)22(43-5)15-23(44-6)26(24)33/h14-16,18H,7-13H2,1-6H3,(H,35,36,37)/b20-16-. The maximum Gasteiger partial charge on any atom is 0.264 e. The van der Waals surface area contributed by atoms with E-state index in [1.807, 2.05) is 20.8 Å². The Balaban J connectivity index is 1.59. The highest BCUT2D eigenvalue weighted by atomic mass is 35.5. The first-order valence-electron chi connectivity index (χ1n) is 14.3. The number of ether oxygens (including phenoxy) is 2. The summed E-state index contributed by atoms with van der Waals surface area (Å²) >= 11 is 13.4. The van der Waals surface area contributed by atoms with Gasteiger partial charge in [-0.3, -0.25) is 19.1 Å². The lowest BCUT2D eigenvalue weighted by molar-refractivity contribution is -0.128. The number of pyridine rings is 1. The van der Waals surface area contributed by atoms with Crippen molar-refractivity contribution in [2.24, 2.45) is 5.41 Å². The first-order chi connectivity index (χ1) is 20.9. The van der Waals surface area contributed by atoms with Crippen LogP contribution in [0.2, 0.25) is 10.0 Å². The van der Waals surface area contributed by atoms with Crippen LogP contribution < -0.4 is 20.3 Å². The minimum Gasteiger partial charge on any atom is -0.495 e. The highest BCUT2D eigenvalue weighted by Crippen LogP contribution is 2.45. The molecule has 0 saturated carbocycles. The minimum atomic E-state index is -0.317. The summed E-state index contributed by atoms with van der Waals surface area (Å²) in [5, 5.41) is 13.5. The van der Waals surface area contributed by atoms with E-state index in [4.69, 9.17) is 32.7 Å². The van der Waals surface area contributed by atoms with E-state index in [1.54, 1.807) is 40.9 Å². The third kappa shape index (κ3) is 7.09. The predicted octanol–water partition coefficient (Wildman–Crippen LogP) is 4.85. The molecule has 0 atom stereocenters. The number of amides is 1.